The van der Waals surface area contributed by atoms with Gasteiger partial charge in [0.05, 0.1) is 29.0 Å². The van der Waals surface area contributed by atoms with E-state index in [1.54, 1.807) is 18.2 Å². The summed E-state index contributed by atoms with van der Waals surface area (Å²) in [5, 5.41) is 0.331. The van der Waals surface area contributed by atoms with Gasteiger partial charge in [-0.1, -0.05) is 30.3 Å². The quantitative estimate of drug-likeness (QED) is 0.497. The SMILES string of the molecule is CCOC(=O)C1=C(N)Oc2c(c(=O)oc3ccccc23)[C@H]1c1ccccc1C(F)(F)F. The van der Waals surface area contributed by atoms with Gasteiger partial charge >= 0.3 is 17.8 Å². The highest BCUT2D eigenvalue weighted by molar-refractivity contribution is 5.94. The third kappa shape index (κ3) is 3.41. The van der Waals surface area contributed by atoms with Gasteiger partial charge in [0.2, 0.25) is 5.88 Å². The summed E-state index contributed by atoms with van der Waals surface area (Å²) in [5.41, 5.74) is 3.21. The molecule has 0 saturated heterocycles. The molecule has 1 aromatic heterocycles. The van der Waals surface area contributed by atoms with Crippen LogP contribution in [0.2, 0.25) is 0 Å². The first-order chi connectivity index (χ1) is 14.7. The number of carbonyl (C=O) groups is 1. The number of ether oxygens (including phenoxy) is 2. The zero-order valence-corrected chi connectivity index (χ0v) is 16.2. The van der Waals surface area contributed by atoms with Gasteiger partial charge in [0.15, 0.2) is 5.75 Å². The van der Waals surface area contributed by atoms with Crippen molar-refractivity contribution in [1.82, 2.24) is 0 Å². The van der Waals surface area contributed by atoms with Gasteiger partial charge in [-0.3, -0.25) is 0 Å². The minimum absolute atomic E-state index is 0.0531. The number of nitrogens with two attached hydrogens (primary N) is 1. The normalized spacial score (nSPS) is 16.1. The van der Waals surface area contributed by atoms with E-state index in [4.69, 9.17) is 19.6 Å². The van der Waals surface area contributed by atoms with E-state index in [0.29, 0.717) is 5.39 Å². The predicted octanol–water partition coefficient (Wildman–Crippen LogP) is 4.07. The fourth-order valence-electron chi connectivity index (χ4n) is 3.69. The number of halogens is 3. The summed E-state index contributed by atoms with van der Waals surface area (Å²) >= 11 is 0. The molecule has 2 heterocycles. The summed E-state index contributed by atoms with van der Waals surface area (Å²) in [6.45, 7) is 1.48. The van der Waals surface area contributed by atoms with Crippen molar-refractivity contribution in [3.8, 4) is 5.75 Å². The molecular weight excluding hydrogens is 415 g/mol. The van der Waals surface area contributed by atoms with Crippen molar-refractivity contribution in [3.63, 3.8) is 0 Å². The molecule has 31 heavy (non-hydrogen) atoms. The molecule has 0 fully saturated rings. The smallest absolute Gasteiger partial charge is 0.416 e. The van der Waals surface area contributed by atoms with Gasteiger partial charge < -0.3 is 19.6 Å². The summed E-state index contributed by atoms with van der Waals surface area (Å²) in [6, 6.07) is 11.0. The molecule has 0 bridgehead atoms. The van der Waals surface area contributed by atoms with Gasteiger partial charge in [-0.2, -0.15) is 13.2 Å². The zero-order valence-electron chi connectivity index (χ0n) is 16.2. The van der Waals surface area contributed by atoms with Crippen molar-refractivity contribution >= 4 is 16.9 Å². The molecule has 2 N–H and O–H groups in total. The van der Waals surface area contributed by atoms with Crippen molar-refractivity contribution in [2.75, 3.05) is 6.61 Å². The largest absolute Gasteiger partial charge is 0.462 e. The molecule has 0 saturated carbocycles. The maximum atomic E-state index is 13.8. The first kappa shape index (κ1) is 20.5. The van der Waals surface area contributed by atoms with Gasteiger partial charge in [0.1, 0.15) is 11.2 Å². The lowest BCUT2D eigenvalue weighted by atomic mass is 9.81. The maximum absolute atomic E-state index is 13.8. The van der Waals surface area contributed by atoms with Crippen LogP contribution in [0.1, 0.15) is 29.5 Å². The highest BCUT2D eigenvalue weighted by Crippen LogP contribution is 2.47. The number of benzene rings is 2. The van der Waals surface area contributed by atoms with E-state index in [2.05, 4.69) is 0 Å². The molecule has 1 aliphatic heterocycles. The van der Waals surface area contributed by atoms with E-state index in [0.717, 1.165) is 6.07 Å². The van der Waals surface area contributed by atoms with Crippen LogP contribution >= 0.6 is 0 Å². The van der Waals surface area contributed by atoms with Gasteiger partial charge in [0.25, 0.3) is 0 Å². The van der Waals surface area contributed by atoms with Gasteiger partial charge in [0, 0.05) is 0 Å². The molecule has 1 aliphatic rings. The molecule has 6 nitrogen and oxygen atoms in total. The summed E-state index contributed by atoms with van der Waals surface area (Å²) in [5.74, 6) is -2.98. The number of fused-ring (bicyclic) bond motifs is 3. The first-order valence-corrected chi connectivity index (χ1v) is 9.30. The van der Waals surface area contributed by atoms with Gasteiger partial charge in [-0.05, 0) is 30.7 Å². The average molecular weight is 431 g/mol. The molecule has 2 aromatic carbocycles. The molecule has 1 atom stereocenters. The van der Waals surface area contributed by atoms with E-state index in [1.807, 2.05) is 0 Å². The number of carbonyl (C=O) groups excluding carboxylic acids is 1. The monoisotopic (exact) mass is 431 g/mol. The number of alkyl halides is 3. The van der Waals surface area contributed by atoms with Crippen molar-refractivity contribution in [2.24, 2.45) is 5.73 Å². The summed E-state index contributed by atoms with van der Waals surface area (Å²) in [7, 11) is 0. The number of esters is 1. The standard InChI is InChI=1S/C22H16F3NO5/c1-2-29-20(27)17-15(11-7-3-5-9-13(11)22(23,24)25)16-18(31-19(17)26)12-8-4-6-10-14(12)30-21(16)28/h3-10,15H,2,26H2,1H3/t15-/m1/s1. The fraction of sp³-hybridized carbons (Fsp3) is 0.182. The minimum Gasteiger partial charge on any atom is -0.462 e. The maximum Gasteiger partial charge on any atom is 0.416 e. The Morgan fingerprint density at radius 3 is 2.52 bits per heavy atom. The fourth-order valence-corrected chi connectivity index (χ4v) is 3.69. The van der Waals surface area contributed by atoms with Crippen LogP contribution < -0.4 is 16.1 Å². The second-order valence-corrected chi connectivity index (χ2v) is 6.75. The Morgan fingerprint density at radius 1 is 1.13 bits per heavy atom. The third-order valence-electron chi connectivity index (χ3n) is 4.93. The molecule has 0 aliphatic carbocycles. The summed E-state index contributed by atoms with van der Waals surface area (Å²) < 4.78 is 57.4. The number of rotatable bonds is 3. The van der Waals surface area contributed by atoms with Gasteiger partial charge in [-0.25, -0.2) is 9.59 Å². The highest BCUT2D eigenvalue weighted by Gasteiger charge is 2.43. The first-order valence-electron chi connectivity index (χ1n) is 9.30. The third-order valence-corrected chi connectivity index (χ3v) is 4.93. The van der Waals surface area contributed by atoms with Crippen LogP contribution in [0, 0.1) is 0 Å². The molecule has 3 aromatic rings. The molecule has 160 valence electrons. The Balaban J connectivity index is 2.10. The van der Waals surface area contributed by atoms with E-state index in [9.17, 15) is 22.8 Å². The molecule has 0 unspecified atom stereocenters. The highest BCUT2D eigenvalue weighted by atomic mass is 19.4. The molecule has 4 rings (SSSR count). The van der Waals surface area contributed by atoms with Crippen molar-refractivity contribution < 1.29 is 31.9 Å². The number of hydrogen-bond acceptors (Lipinski definition) is 6. The molecule has 0 spiro atoms. The molecule has 0 amide bonds. The minimum atomic E-state index is -4.75. The lowest BCUT2D eigenvalue weighted by Crippen LogP contribution is -2.32. The van der Waals surface area contributed by atoms with Gasteiger partial charge in [-0.15, -0.1) is 0 Å². The molecule has 9 heteroatoms. The zero-order chi connectivity index (χ0) is 22.3. The second kappa shape index (κ2) is 7.50. The Kier molecular flexibility index (Phi) is 4.96. The molecule has 0 radical (unpaired) electrons. The lowest BCUT2D eigenvalue weighted by molar-refractivity contribution is -0.140. The predicted molar refractivity (Wildman–Crippen MR) is 104 cm³/mol. The van der Waals surface area contributed by atoms with E-state index in [1.165, 1.54) is 31.2 Å². The van der Waals surface area contributed by atoms with Crippen LogP contribution in [-0.4, -0.2) is 12.6 Å². The Bertz CT molecular complexity index is 1280. The second-order valence-electron chi connectivity index (χ2n) is 6.75. The Labute approximate surface area is 173 Å². The van der Waals surface area contributed by atoms with Crippen molar-refractivity contribution in [3.05, 3.63) is 87.1 Å². The van der Waals surface area contributed by atoms with Crippen molar-refractivity contribution in [1.29, 1.82) is 0 Å². The van der Waals surface area contributed by atoms with E-state index in [-0.39, 0.29) is 29.1 Å². The lowest BCUT2D eigenvalue weighted by Gasteiger charge is -2.29. The number of hydrogen-bond donors (Lipinski definition) is 1. The van der Waals surface area contributed by atoms with Crippen LogP contribution in [0.4, 0.5) is 13.2 Å². The van der Waals surface area contributed by atoms with Crippen molar-refractivity contribution in [2.45, 2.75) is 19.0 Å². The molecular formula is C22H16F3NO5. The van der Waals surface area contributed by atoms with Crippen LogP contribution in [0.25, 0.3) is 11.0 Å². The van der Waals surface area contributed by atoms with Crippen LogP contribution in [-0.2, 0) is 15.7 Å². The Morgan fingerprint density at radius 2 is 1.81 bits per heavy atom. The average Bonchev–Trinajstić information content (AvgIpc) is 2.72. The van der Waals surface area contributed by atoms with Crippen LogP contribution in [0.3, 0.4) is 0 Å². The summed E-state index contributed by atoms with van der Waals surface area (Å²) in [6.07, 6.45) is -4.75. The number of para-hydroxylation sites is 1. The van der Waals surface area contributed by atoms with Crippen LogP contribution in [0.5, 0.6) is 5.75 Å². The summed E-state index contributed by atoms with van der Waals surface area (Å²) in [4.78, 5) is 25.6. The van der Waals surface area contributed by atoms with Crippen LogP contribution in [0.15, 0.2) is 69.2 Å². The Hall–Kier alpha value is -3.75. The van der Waals surface area contributed by atoms with E-state index >= 15 is 0 Å². The van der Waals surface area contributed by atoms with E-state index < -0.39 is 40.7 Å². The topological polar surface area (TPSA) is 91.8 Å².